The average molecular weight is 165 g/mol. The Kier molecular flexibility index (Phi) is 2.69. The molecule has 0 saturated heterocycles. The maximum absolute atomic E-state index is 10.9. The number of carbonyl (C=O) groups excluding carboxylic acids is 1. The number of nitrogens with one attached hydrogen (secondary N) is 1. The van der Waals surface area contributed by atoms with Crippen molar-refractivity contribution in [2.45, 2.75) is 32.2 Å². The quantitative estimate of drug-likeness (QED) is 0.664. The molecule has 2 nitrogen and oxygen atoms in total. The summed E-state index contributed by atoms with van der Waals surface area (Å²) in [7, 11) is 0. The molecular formula is C10H15NO. The summed E-state index contributed by atoms with van der Waals surface area (Å²) >= 11 is 0. The molecule has 0 fully saturated rings. The third kappa shape index (κ3) is 1.97. The van der Waals surface area contributed by atoms with Crippen LogP contribution < -0.4 is 5.32 Å². The number of allylic oxidation sites excluding steroid dienone is 2. The van der Waals surface area contributed by atoms with E-state index in [1.54, 1.807) is 6.92 Å². The molecule has 0 spiro atoms. The Hall–Kier alpha value is -1.05. The molecular weight excluding hydrogens is 150 g/mol. The zero-order valence-corrected chi connectivity index (χ0v) is 7.63. The Labute approximate surface area is 73.4 Å². The Morgan fingerprint density at radius 1 is 1.58 bits per heavy atom. The number of hydrogen-bond acceptors (Lipinski definition) is 1. The summed E-state index contributed by atoms with van der Waals surface area (Å²) in [5, 5.41) is 2.97. The molecule has 0 bridgehead atoms. The van der Waals surface area contributed by atoms with Crippen molar-refractivity contribution >= 4 is 5.91 Å². The van der Waals surface area contributed by atoms with E-state index in [4.69, 9.17) is 0 Å². The van der Waals surface area contributed by atoms with E-state index in [0.717, 1.165) is 12.8 Å². The molecule has 1 rings (SSSR count). The summed E-state index contributed by atoms with van der Waals surface area (Å²) < 4.78 is 0. The summed E-state index contributed by atoms with van der Waals surface area (Å²) in [5.74, 6) is 0.0387. The van der Waals surface area contributed by atoms with Gasteiger partial charge in [0, 0.05) is 6.92 Å². The fourth-order valence-corrected chi connectivity index (χ4v) is 1.46. The number of amides is 1. The van der Waals surface area contributed by atoms with E-state index in [1.165, 1.54) is 0 Å². The van der Waals surface area contributed by atoms with E-state index in [0.29, 0.717) is 0 Å². The molecule has 1 N–H and O–H groups in total. The van der Waals surface area contributed by atoms with Crippen molar-refractivity contribution in [1.29, 1.82) is 0 Å². The lowest BCUT2D eigenvalue weighted by atomic mass is 9.88. The first kappa shape index (κ1) is 9.04. The number of rotatable bonds is 2. The van der Waals surface area contributed by atoms with E-state index in [9.17, 15) is 4.79 Å². The van der Waals surface area contributed by atoms with Gasteiger partial charge in [0.25, 0.3) is 0 Å². The summed E-state index contributed by atoms with van der Waals surface area (Å²) in [6, 6.07) is 0. The molecule has 0 aromatic carbocycles. The summed E-state index contributed by atoms with van der Waals surface area (Å²) in [4.78, 5) is 10.9. The van der Waals surface area contributed by atoms with Crippen LogP contribution in [0.4, 0.5) is 0 Å². The zero-order chi connectivity index (χ0) is 9.03. The van der Waals surface area contributed by atoms with E-state index in [2.05, 4.69) is 24.4 Å². The molecule has 0 heterocycles. The molecule has 0 saturated carbocycles. The third-order valence-corrected chi connectivity index (χ3v) is 2.20. The molecule has 2 heteroatoms. The van der Waals surface area contributed by atoms with Crippen LogP contribution in [-0.2, 0) is 4.79 Å². The highest BCUT2D eigenvalue weighted by molar-refractivity contribution is 5.74. The maximum atomic E-state index is 10.9. The Morgan fingerprint density at radius 3 is 2.75 bits per heavy atom. The largest absolute Gasteiger partial charge is 0.347 e. The number of carbonyl (C=O) groups is 1. The van der Waals surface area contributed by atoms with Crippen LogP contribution in [0.2, 0.25) is 0 Å². The molecule has 0 aromatic rings. The van der Waals surface area contributed by atoms with Crippen molar-refractivity contribution in [3.05, 3.63) is 24.3 Å². The molecule has 1 unspecified atom stereocenters. The van der Waals surface area contributed by atoms with Gasteiger partial charge < -0.3 is 5.32 Å². The predicted molar refractivity (Wildman–Crippen MR) is 49.7 cm³/mol. The lowest BCUT2D eigenvalue weighted by Gasteiger charge is -2.30. The second kappa shape index (κ2) is 3.57. The molecule has 1 aliphatic rings. The minimum Gasteiger partial charge on any atom is -0.347 e. The lowest BCUT2D eigenvalue weighted by molar-refractivity contribution is -0.120. The van der Waals surface area contributed by atoms with Gasteiger partial charge in [-0.05, 0) is 12.8 Å². The van der Waals surface area contributed by atoms with Crippen molar-refractivity contribution in [3.63, 3.8) is 0 Å². The molecule has 0 aliphatic heterocycles. The van der Waals surface area contributed by atoms with Crippen molar-refractivity contribution < 1.29 is 4.79 Å². The van der Waals surface area contributed by atoms with Crippen molar-refractivity contribution in [3.8, 4) is 0 Å². The molecule has 0 aromatic heterocycles. The standard InChI is InChI=1S/C10H15NO/c1-3-10(11-9(2)12)7-5-4-6-8-10/h4-7H,3,8H2,1-2H3,(H,11,12). The van der Waals surface area contributed by atoms with Crippen LogP contribution in [0.25, 0.3) is 0 Å². The highest BCUT2D eigenvalue weighted by Crippen LogP contribution is 2.20. The lowest BCUT2D eigenvalue weighted by Crippen LogP contribution is -2.45. The first-order chi connectivity index (χ1) is 5.68. The van der Waals surface area contributed by atoms with E-state index in [-0.39, 0.29) is 11.4 Å². The zero-order valence-electron chi connectivity index (χ0n) is 7.63. The van der Waals surface area contributed by atoms with Gasteiger partial charge in [-0.3, -0.25) is 4.79 Å². The van der Waals surface area contributed by atoms with Gasteiger partial charge in [-0.25, -0.2) is 0 Å². The second-order valence-electron chi connectivity index (χ2n) is 3.18. The van der Waals surface area contributed by atoms with Crippen LogP contribution in [0.3, 0.4) is 0 Å². The molecule has 1 atom stereocenters. The highest BCUT2D eigenvalue weighted by Gasteiger charge is 2.25. The molecule has 1 amide bonds. The van der Waals surface area contributed by atoms with Gasteiger partial charge in [0.1, 0.15) is 0 Å². The smallest absolute Gasteiger partial charge is 0.217 e. The van der Waals surface area contributed by atoms with Gasteiger partial charge in [0.15, 0.2) is 0 Å². The fourth-order valence-electron chi connectivity index (χ4n) is 1.46. The van der Waals surface area contributed by atoms with E-state index >= 15 is 0 Å². The Morgan fingerprint density at radius 2 is 2.33 bits per heavy atom. The summed E-state index contributed by atoms with van der Waals surface area (Å²) in [6.07, 6.45) is 9.99. The number of hydrogen-bond donors (Lipinski definition) is 1. The van der Waals surface area contributed by atoms with Gasteiger partial charge in [0.2, 0.25) is 5.91 Å². The normalized spacial score (nSPS) is 27.2. The van der Waals surface area contributed by atoms with Crippen LogP contribution in [0.15, 0.2) is 24.3 Å². The molecule has 1 aliphatic carbocycles. The van der Waals surface area contributed by atoms with Crippen LogP contribution in [0.5, 0.6) is 0 Å². The third-order valence-electron chi connectivity index (χ3n) is 2.20. The van der Waals surface area contributed by atoms with Crippen LogP contribution in [0, 0.1) is 0 Å². The van der Waals surface area contributed by atoms with Gasteiger partial charge in [-0.2, -0.15) is 0 Å². The van der Waals surface area contributed by atoms with Gasteiger partial charge in [-0.15, -0.1) is 0 Å². The molecule has 12 heavy (non-hydrogen) atoms. The minimum atomic E-state index is -0.124. The van der Waals surface area contributed by atoms with Crippen LogP contribution in [-0.4, -0.2) is 11.4 Å². The first-order valence-corrected chi connectivity index (χ1v) is 4.32. The minimum absolute atomic E-state index is 0.0387. The first-order valence-electron chi connectivity index (χ1n) is 4.32. The van der Waals surface area contributed by atoms with Gasteiger partial charge in [-0.1, -0.05) is 31.2 Å². The van der Waals surface area contributed by atoms with Crippen LogP contribution >= 0.6 is 0 Å². The fraction of sp³-hybridized carbons (Fsp3) is 0.500. The van der Waals surface area contributed by atoms with Crippen molar-refractivity contribution in [2.75, 3.05) is 0 Å². The van der Waals surface area contributed by atoms with Crippen LogP contribution in [0.1, 0.15) is 26.7 Å². The second-order valence-corrected chi connectivity index (χ2v) is 3.18. The van der Waals surface area contributed by atoms with E-state index < -0.39 is 0 Å². The summed E-state index contributed by atoms with van der Waals surface area (Å²) in [6.45, 7) is 3.64. The Balaban J connectivity index is 2.69. The average Bonchev–Trinajstić information content (AvgIpc) is 2.05. The predicted octanol–water partition coefficient (Wildman–Crippen LogP) is 1.79. The summed E-state index contributed by atoms with van der Waals surface area (Å²) in [5.41, 5.74) is -0.124. The molecule has 0 radical (unpaired) electrons. The Bertz CT molecular complexity index is 230. The SMILES string of the molecule is CCC1(NC(C)=O)C=CC=CC1. The van der Waals surface area contributed by atoms with E-state index in [1.807, 2.05) is 12.2 Å². The van der Waals surface area contributed by atoms with Crippen molar-refractivity contribution in [2.24, 2.45) is 0 Å². The monoisotopic (exact) mass is 165 g/mol. The maximum Gasteiger partial charge on any atom is 0.217 e. The molecule has 66 valence electrons. The highest BCUT2D eigenvalue weighted by atomic mass is 16.1. The van der Waals surface area contributed by atoms with Gasteiger partial charge in [0.05, 0.1) is 5.54 Å². The van der Waals surface area contributed by atoms with Crippen molar-refractivity contribution in [1.82, 2.24) is 5.32 Å². The topological polar surface area (TPSA) is 29.1 Å². The van der Waals surface area contributed by atoms with Gasteiger partial charge >= 0.3 is 0 Å².